The Bertz CT molecular complexity index is 824. The summed E-state index contributed by atoms with van der Waals surface area (Å²) in [5.74, 6) is 1.54. The van der Waals surface area contributed by atoms with Gasteiger partial charge in [0.05, 0.1) is 0 Å². The van der Waals surface area contributed by atoms with Crippen molar-refractivity contribution in [1.82, 2.24) is 4.90 Å². The smallest absolute Gasteiger partial charge is 0.137 e. The third-order valence-electron chi connectivity index (χ3n) is 6.97. The van der Waals surface area contributed by atoms with Crippen molar-refractivity contribution in [3.05, 3.63) is 47.5 Å². The van der Waals surface area contributed by atoms with Crippen LogP contribution in [0.25, 0.3) is 10.8 Å². The van der Waals surface area contributed by atoms with Crippen molar-refractivity contribution in [2.24, 2.45) is 5.92 Å². The normalized spacial score (nSPS) is 28.8. The quantitative estimate of drug-likeness (QED) is 0.725. The van der Waals surface area contributed by atoms with Gasteiger partial charge in [0.15, 0.2) is 0 Å². The van der Waals surface area contributed by atoms with E-state index < -0.39 is 0 Å². The highest BCUT2D eigenvalue weighted by atomic mass is 16.1. The van der Waals surface area contributed by atoms with Crippen LogP contribution < -0.4 is 0 Å². The van der Waals surface area contributed by atoms with Crippen molar-refractivity contribution in [1.29, 1.82) is 0 Å². The van der Waals surface area contributed by atoms with Gasteiger partial charge in [0.25, 0.3) is 0 Å². The van der Waals surface area contributed by atoms with Gasteiger partial charge in [-0.2, -0.15) is 0 Å². The summed E-state index contributed by atoms with van der Waals surface area (Å²) >= 11 is 0. The van der Waals surface area contributed by atoms with Gasteiger partial charge >= 0.3 is 0 Å². The summed E-state index contributed by atoms with van der Waals surface area (Å²) in [5, 5.41) is 2.62. The zero-order chi connectivity index (χ0) is 18.4. The topological polar surface area (TPSA) is 20.3 Å². The van der Waals surface area contributed by atoms with Gasteiger partial charge in [0, 0.05) is 24.4 Å². The molecule has 4 rings (SSSR count). The lowest BCUT2D eigenvalue weighted by molar-refractivity contribution is -0.126. The van der Waals surface area contributed by atoms with Crippen LogP contribution in [0.5, 0.6) is 0 Å². The van der Waals surface area contributed by atoms with Crippen molar-refractivity contribution in [3.8, 4) is 0 Å². The van der Waals surface area contributed by atoms with Gasteiger partial charge in [-0.05, 0) is 60.0 Å². The number of rotatable bonds is 4. The fraction of sp³-hybridized carbons (Fsp3) is 0.542. The molecule has 138 valence electrons. The van der Waals surface area contributed by atoms with E-state index in [0.717, 1.165) is 6.42 Å². The van der Waals surface area contributed by atoms with Crippen LogP contribution >= 0.6 is 0 Å². The first-order valence-corrected chi connectivity index (χ1v) is 10.3. The number of carbonyl (C=O) groups is 1. The third-order valence-corrected chi connectivity index (χ3v) is 6.97. The molecule has 0 spiro atoms. The largest absolute Gasteiger partial charge is 0.300 e. The maximum absolute atomic E-state index is 12.8. The third kappa shape index (κ3) is 2.89. The van der Waals surface area contributed by atoms with Crippen molar-refractivity contribution < 1.29 is 4.79 Å². The average Bonchev–Trinajstić information content (AvgIpc) is 2.89. The van der Waals surface area contributed by atoms with E-state index in [1.807, 2.05) is 6.92 Å². The minimum atomic E-state index is 0.163. The summed E-state index contributed by atoms with van der Waals surface area (Å²) in [6.07, 6.45) is 4.20. The predicted octanol–water partition coefficient (Wildman–Crippen LogP) is 5.51. The molecule has 0 radical (unpaired) electrons. The van der Waals surface area contributed by atoms with Crippen LogP contribution in [0.3, 0.4) is 0 Å². The van der Waals surface area contributed by atoms with E-state index in [-0.39, 0.29) is 5.92 Å². The summed E-state index contributed by atoms with van der Waals surface area (Å²) in [7, 11) is 2.22. The standard InChI is InChI=1S/C24H31NO/c1-5-23(26)24-21(14-20-10-11-22(24)25(20)4)19-9-8-17-12-16(15(2)3)6-7-18(17)13-19/h6-9,12-13,15,20-22,24H,5,10-11,14H2,1-4H3. The molecule has 4 atom stereocenters. The molecule has 26 heavy (non-hydrogen) atoms. The number of benzene rings is 2. The van der Waals surface area contributed by atoms with Crippen LogP contribution in [0.4, 0.5) is 0 Å². The first kappa shape index (κ1) is 17.7. The molecule has 0 amide bonds. The molecule has 0 saturated carbocycles. The lowest BCUT2D eigenvalue weighted by atomic mass is 9.73. The molecule has 2 aromatic carbocycles. The number of nitrogens with zero attached hydrogens (tertiary/aromatic N) is 1. The second-order valence-corrected chi connectivity index (χ2v) is 8.67. The highest BCUT2D eigenvalue weighted by Gasteiger charge is 2.48. The lowest BCUT2D eigenvalue weighted by Crippen LogP contribution is -2.48. The van der Waals surface area contributed by atoms with E-state index in [4.69, 9.17) is 0 Å². The summed E-state index contributed by atoms with van der Waals surface area (Å²) in [6, 6.07) is 14.8. The van der Waals surface area contributed by atoms with Crippen LogP contribution in [0.15, 0.2) is 36.4 Å². The molecule has 2 aromatic rings. The highest BCUT2D eigenvalue weighted by Crippen LogP contribution is 2.47. The van der Waals surface area contributed by atoms with Crippen LogP contribution in [-0.2, 0) is 4.79 Å². The molecule has 2 heterocycles. The van der Waals surface area contributed by atoms with E-state index in [0.29, 0.717) is 36.1 Å². The fourth-order valence-corrected chi connectivity index (χ4v) is 5.36. The maximum Gasteiger partial charge on any atom is 0.137 e. The number of hydrogen-bond acceptors (Lipinski definition) is 2. The molecule has 0 N–H and O–H groups in total. The molecule has 2 aliphatic rings. The first-order chi connectivity index (χ1) is 12.5. The molecule has 0 aliphatic carbocycles. The first-order valence-electron chi connectivity index (χ1n) is 10.3. The molecule has 2 saturated heterocycles. The number of fused-ring (bicyclic) bond motifs is 3. The summed E-state index contributed by atoms with van der Waals surface area (Å²) in [6.45, 7) is 6.50. The van der Waals surface area contributed by atoms with Gasteiger partial charge in [-0.15, -0.1) is 0 Å². The van der Waals surface area contributed by atoms with Crippen LogP contribution in [-0.4, -0.2) is 29.8 Å². The molecular weight excluding hydrogens is 318 g/mol. The SMILES string of the molecule is CCC(=O)C1C(c2ccc3cc(C(C)C)ccc3c2)CC2CCC1N2C. The molecule has 2 bridgehead atoms. The van der Waals surface area contributed by atoms with E-state index in [1.54, 1.807) is 0 Å². The summed E-state index contributed by atoms with van der Waals surface area (Å²) in [5.41, 5.74) is 2.76. The Morgan fingerprint density at radius 2 is 1.85 bits per heavy atom. The van der Waals surface area contributed by atoms with Gasteiger partial charge in [-0.3, -0.25) is 9.69 Å². The van der Waals surface area contributed by atoms with E-state index in [1.165, 1.54) is 34.7 Å². The second kappa shape index (κ2) is 6.81. The Labute approximate surface area is 157 Å². The van der Waals surface area contributed by atoms with E-state index in [2.05, 4.69) is 62.2 Å². The zero-order valence-corrected chi connectivity index (χ0v) is 16.5. The number of hydrogen-bond donors (Lipinski definition) is 0. The van der Waals surface area contributed by atoms with Crippen LogP contribution in [0, 0.1) is 5.92 Å². The number of Topliss-reactive ketones (excluding diaryl/α,β-unsaturated/α-hetero) is 1. The second-order valence-electron chi connectivity index (χ2n) is 8.67. The van der Waals surface area contributed by atoms with Crippen LogP contribution in [0.2, 0.25) is 0 Å². The maximum atomic E-state index is 12.8. The van der Waals surface area contributed by atoms with Crippen molar-refractivity contribution in [2.75, 3.05) is 7.05 Å². The summed E-state index contributed by atoms with van der Waals surface area (Å²) in [4.78, 5) is 15.3. The Morgan fingerprint density at radius 1 is 1.12 bits per heavy atom. The Kier molecular flexibility index (Phi) is 4.64. The van der Waals surface area contributed by atoms with Crippen molar-refractivity contribution >= 4 is 16.6 Å². The Balaban J connectivity index is 1.73. The Morgan fingerprint density at radius 3 is 2.58 bits per heavy atom. The molecular formula is C24H31NO. The van der Waals surface area contributed by atoms with Gasteiger partial charge in [0.2, 0.25) is 0 Å². The molecule has 2 fully saturated rings. The van der Waals surface area contributed by atoms with Gasteiger partial charge in [0.1, 0.15) is 5.78 Å². The molecule has 0 aromatic heterocycles. The predicted molar refractivity (Wildman–Crippen MR) is 109 cm³/mol. The molecule has 2 nitrogen and oxygen atoms in total. The molecule has 2 aliphatic heterocycles. The minimum Gasteiger partial charge on any atom is -0.300 e. The Hall–Kier alpha value is -1.67. The summed E-state index contributed by atoms with van der Waals surface area (Å²) < 4.78 is 0. The van der Waals surface area contributed by atoms with E-state index >= 15 is 0 Å². The number of carbonyl (C=O) groups excluding carboxylic acids is 1. The van der Waals surface area contributed by atoms with Crippen molar-refractivity contribution in [2.45, 2.75) is 70.4 Å². The fourth-order valence-electron chi connectivity index (χ4n) is 5.36. The molecule has 4 unspecified atom stereocenters. The van der Waals surface area contributed by atoms with Gasteiger partial charge < -0.3 is 0 Å². The van der Waals surface area contributed by atoms with E-state index in [9.17, 15) is 4.79 Å². The van der Waals surface area contributed by atoms with Gasteiger partial charge in [-0.25, -0.2) is 0 Å². The van der Waals surface area contributed by atoms with Gasteiger partial charge in [-0.1, -0.05) is 57.2 Å². The van der Waals surface area contributed by atoms with Crippen LogP contribution in [0.1, 0.15) is 69.4 Å². The average molecular weight is 350 g/mol. The van der Waals surface area contributed by atoms with Crippen molar-refractivity contribution in [3.63, 3.8) is 0 Å². The zero-order valence-electron chi connectivity index (χ0n) is 16.5. The number of piperidine rings is 1. The number of ketones is 1. The minimum absolute atomic E-state index is 0.163. The molecule has 2 heteroatoms. The lowest BCUT2D eigenvalue weighted by Gasteiger charge is -2.42. The highest BCUT2D eigenvalue weighted by molar-refractivity contribution is 5.85. The monoisotopic (exact) mass is 349 g/mol.